The fourth-order valence-corrected chi connectivity index (χ4v) is 1.45. The van der Waals surface area contributed by atoms with Crippen LogP contribution in [0.3, 0.4) is 0 Å². The normalized spacial score (nSPS) is 9.67. The van der Waals surface area contributed by atoms with Gasteiger partial charge in [0, 0.05) is 0 Å². The molecule has 0 spiro atoms. The topological polar surface area (TPSA) is 0 Å². The molecule has 9 heavy (non-hydrogen) atoms. The summed E-state index contributed by atoms with van der Waals surface area (Å²) in [5.74, 6) is -0.292. The molecule has 0 N–H and O–H groups in total. The Morgan fingerprint density at radius 2 is 2.11 bits per heavy atom. The van der Waals surface area contributed by atoms with E-state index >= 15 is 0 Å². The van der Waals surface area contributed by atoms with Crippen LogP contribution < -0.4 is 4.35 Å². The van der Waals surface area contributed by atoms with Gasteiger partial charge in [0.15, 0.2) is 0 Å². The van der Waals surface area contributed by atoms with Crippen molar-refractivity contribution in [2.45, 2.75) is 0 Å². The van der Waals surface area contributed by atoms with Gasteiger partial charge in [-0.05, 0) is 0 Å². The summed E-state index contributed by atoms with van der Waals surface area (Å²) in [6.45, 7) is 0. The zero-order valence-corrected chi connectivity index (χ0v) is 7.74. The van der Waals surface area contributed by atoms with Crippen molar-refractivity contribution in [1.29, 1.82) is 0 Å². The van der Waals surface area contributed by atoms with Crippen molar-refractivity contribution in [2.75, 3.05) is 0 Å². The molecule has 1 unspecified atom stereocenters. The molecule has 1 rings (SSSR count). The van der Waals surface area contributed by atoms with E-state index in [9.17, 15) is 4.39 Å². The van der Waals surface area contributed by atoms with Gasteiger partial charge in [-0.15, -0.1) is 0 Å². The van der Waals surface area contributed by atoms with Crippen LogP contribution in [-0.2, 0) is 0 Å². The van der Waals surface area contributed by atoms with E-state index in [4.69, 9.17) is 11.6 Å². The Balaban J connectivity index is 3.25. The number of hydrogen-bond acceptors (Lipinski definition) is 0. The first-order valence-corrected chi connectivity index (χ1v) is 4.00. The van der Waals surface area contributed by atoms with Crippen LogP contribution in [0.1, 0.15) is 0 Å². The molecule has 0 saturated heterocycles. The molecule has 0 radical (unpaired) electrons. The van der Waals surface area contributed by atoms with E-state index in [1.807, 2.05) is 0 Å². The molecule has 0 saturated carbocycles. The quantitative estimate of drug-likeness (QED) is 0.549. The van der Waals surface area contributed by atoms with E-state index in [1.165, 1.54) is 16.9 Å². The number of hydrogen-bond donors (Lipinski definition) is 0. The van der Waals surface area contributed by atoms with Gasteiger partial charge < -0.3 is 0 Å². The Hall–Kier alpha value is -0.00156. The molecular weight excluding hydrogens is 201 g/mol. The van der Waals surface area contributed by atoms with Crippen LogP contribution in [0.25, 0.3) is 0 Å². The standard InChI is InChI=1S/C6H5AsClF/c7-4-2-1-3-5(8)6(4)9/h1-3H,7H2. The Kier molecular flexibility index (Phi) is 2.15. The van der Waals surface area contributed by atoms with Gasteiger partial charge in [0.2, 0.25) is 0 Å². The molecule has 48 valence electrons. The monoisotopic (exact) mass is 206 g/mol. The SMILES string of the molecule is Fc1c(Cl)cccc1[AsH2]. The van der Waals surface area contributed by atoms with Crippen molar-refractivity contribution in [1.82, 2.24) is 0 Å². The van der Waals surface area contributed by atoms with Gasteiger partial charge in [0.1, 0.15) is 0 Å². The number of halogens is 2. The van der Waals surface area contributed by atoms with E-state index in [0.29, 0.717) is 4.35 Å². The van der Waals surface area contributed by atoms with Gasteiger partial charge in [-0.25, -0.2) is 0 Å². The summed E-state index contributed by atoms with van der Waals surface area (Å²) in [4.78, 5) is 0. The summed E-state index contributed by atoms with van der Waals surface area (Å²) in [6, 6.07) is 4.99. The fourth-order valence-electron chi connectivity index (χ4n) is 0.520. The van der Waals surface area contributed by atoms with Gasteiger partial charge in [-0.1, -0.05) is 0 Å². The molecule has 0 aliphatic rings. The second-order valence-corrected chi connectivity index (χ2v) is 3.36. The summed E-state index contributed by atoms with van der Waals surface area (Å²) in [6.07, 6.45) is 0. The Morgan fingerprint density at radius 3 is 2.56 bits per heavy atom. The predicted octanol–water partition coefficient (Wildman–Crippen LogP) is 0.737. The van der Waals surface area contributed by atoms with E-state index in [0.717, 1.165) is 0 Å². The molecule has 0 amide bonds. The molecule has 0 heterocycles. The summed E-state index contributed by atoms with van der Waals surface area (Å²) >= 11 is 6.70. The van der Waals surface area contributed by atoms with Crippen LogP contribution in [-0.4, -0.2) is 16.9 Å². The van der Waals surface area contributed by atoms with Crippen LogP contribution >= 0.6 is 11.6 Å². The van der Waals surface area contributed by atoms with Gasteiger partial charge in [0.25, 0.3) is 0 Å². The van der Waals surface area contributed by atoms with Crippen LogP contribution in [0.4, 0.5) is 4.39 Å². The molecule has 0 bridgehead atoms. The molecule has 1 aromatic carbocycles. The molecule has 0 aromatic heterocycles. The first-order chi connectivity index (χ1) is 4.22. The average Bonchev–Trinajstić information content (AvgIpc) is 1.83. The van der Waals surface area contributed by atoms with Crippen LogP contribution in [0.15, 0.2) is 18.2 Å². The molecule has 1 atom stereocenters. The Labute approximate surface area is 66.5 Å². The summed E-state index contributed by atoms with van der Waals surface area (Å²) in [7, 11) is 0. The van der Waals surface area contributed by atoms with Gasteiger partial charge >= 0.3 is 66.2 Å². The maximum absolute atomic E-state index is 12.6. The van der Waals surface area contributed by atoms with Crippen molar-refractivity contribution in [2.24, 2.45) is 0 Å². The third-order valence-electron chi connectivity index (χ3n) is 0.981. The van der Waals surface area contributed by atoms with Crippen molar-refractivity contribution in [3.05, 3.63) is 29.0 Å². The van der Waals surface area contributed by atoms with Crippen molar-refractivity contribution in [3.8, 4) is 0 Å². The fraction of sp³-hybridized carbons (Fsp3) is 0. The third-order valence-corrected chi connectivity index (χ3v) is 2.21. The molecule has 3 heteroatoms. The van der Waals surface area contributed by atoms with E-state index < -0.39 is 0 Å². The van der Waals surface area contributed by atoms with E-state index in [2.05, 4.69) is 0 Å². The molecule has 1 aromatic rings. The van der Waals surface area contributed by atoms with Gasteiger partial charge in [-0.2, -0.15) is 0 Å². The Bertz CT molecular complexity index is 204. The third kappa shape index (κ3) is 1.47. The van der Waals surface area contributed by atoms with Gasteiger partial charge in [0.05, 0.1) is 0 Å². The molecule has 0 aliphatic carbocycles. The zero-order valence-electron chi connectivity index (χ0n) is 4.57. The van der Waals surface area contributed by atoms with Crippen LogP contribution in [0, 0.1) is 5.82 Å². The second kappa shape index (κ2) is 2.72. The molecule has 0 aliphatic heterocycles. The van der Waals surface area contributed by atoms with Crippen LogP contribution in [0.2, 0.25) is 5.02 Å². The molecule has 0 fully saturated rings. The van der Waals surface area contributed by atoms with Crippen molar-refractivity contribution in [3.63, 3.8) is 0 Å². The van der Waals surface area contributed by atoms with Crippen molar-refractivity contribution < 1.29 is 4.39 Å². The number of benzene rings is 1. The second-order valence-electron chi connectivity index (χ2n) is 1.64. The predicted molar refractivity (Wildman–Crippen MR) is 39.6 cm³/mol. The summed E-state index contributed by atoms with van der Waals surface area (Å²) < 4.78 is 13.3. The zero-order chi connectivity index (χ0) is 6.85. The summed E-state index contributed by atoms with van der Waals surface area (Å²) in [5, 5.41) is 0.205. The van der Waals surface area contributed by atoms with Crippen molar-refractivity contribution >= 4 is 32.8 Å². The number of rotatable bonds is 0. The molecule has 0 nitrogen and oxygen atoms in total. The van der Waals surface area contributed by atoms with E-state index in [-0.39, 0.29) is 10.8 Å². The van der Waals surface area contributed by atoms with E-state index in [1.54, 1.807) is 18.2 Å². The minimum atomic E-state index is -0.292. The minimum absolute atomic E-state index is 0.205. The first kappa shape index (κ1) is 7.11. The van der Waals surface area contributed by atoms with Crippen LogP contribution in [0.5, 0.6) is 0 Å². The first-order valence-electron chi connectivity index (χ1n) is 2.41. The Morgan fingerprint density at radius 1 is 1.44 bits per heavy atom. The maximum atomic E-state index is 12.6. The molecular formula is C6H5AsClF. The summed E-state index contributed by atoms with van der Waals surface area (Å²) in [5.41, 5.74) is 0. The van der Waals surface area contributed by atoms with Gasteiger partial charge in [-0.3, -0.25) is 0 Å². The average molecular weight is 206 g/mol.